The van der Waals surface area contributed by atoms with Gasteiger partial charge in [0, 0.05) is 6.54 Å². The summed E-state index contributed by atoms with van der Waals surface area (Å²) in [5.74, 6) is -0.265. The van der Waals surface area contributed by atoms with Crippen molar-refractivity contribution in [3.63, 3.8) is 0 Å². The van der Waals surface area contributed by atoms with Crippen LogP contribution in [0.25, 0.3) is 0 Å². The van der Waals surface area contributed by atoms with E-state index in [1.54, 1.807) is 12.1 Å². The maximum Gasteiger partial charge on any atom is 0.123 e. The fourth-order valence-electron chi connectivity index (χ4n) is 1.69. The van der Waals surface area contributed by atoms with Crippen LogP contribution in [0.15, 0.2) is 24.3 Å². The van der Waals surface area contributed by atoms with Crippen molar-refractivity contribution in [2.45, 2.75) is 12.0 Å². The number of hydrogen-bond donors (Lipinski definition) is 2. The van der Waals surface area contributed by atoms with E-state index in [1.165, 1.54) is 12.1 Å². The highest BCUT2D eigenvalue weighted by atomic mass is 19.1. The Balaban J connectivity index is 2.29. The molecule has 0 radical (unpaired) electrons. The van der Waals surface area contributed by atoms with Crippen molar-refractivity contribution >= 4 is 0 Å². The first-order valence-corrected chi connectivity index (χ1v) is 4.40. The lowest BCUT2D eigenvalue weighted by Crippen LogP contribution is -2.28. The lowest BCUT2D eigenvalue weighted by atomic mass is 9.93. The molecule has 0 amide bonds. The van der Waals surface area contributed by atoms with E-state index in [0.717, 1.165) is 12.1 Å². The molecule has 1 aromatic carbocycles. The van der Waals surface area contributed by atoms with Crippen LogP contribution in [0.4, 0.5) is 4.39 Å². The van der Waals surface area contributed by atoms with Gasteiger partial charge < -0.3 is 10.4 Å². The third kappa shape index (κ3) is 1.57. The molecule has 3 heteroatoms. The van der Waals surface area contributed by atoms with E-state index >= 15 is 0 Å². The first kappa shape index (κ1) is 8.66. The summed E-state index contributed by atoms with van der Waals surface area (Å²) in [5.41, 5.74) is -0.00727. The van der Waals surface area contributed by atoms with Gasteiger partial charge in [-0.2, -0.15) is 0 Å². The van der Waals surface area contributed by atoms with Gasteiger partial charge in [0.05, 0.1) is 0 Å². The van der Waals surface area contributed by atoms with Crippen molar-refractivity contribution in [1.82, 2.24) is 5.32 Å². The highest BCUT2D eigenvalue weighted by Crippen LogP contribution is 2.27. The standard InChI is InChI=1S/C10H12FNO/c11-9-3-1-8(2-4-9)10(13)5-6-12-7-10/h1-4,12-13H,5-7H2/t10-/m0/s1. The fourth-order valence-corrected chi connectivity index (χ4v) is 1.69. The number of benzene rings is 1. The van der Waals surface area contributed by atoms with Crippen molar-refractivity contribution in [3.05, 3.63) is 35.6 Å². The van der Waals surface area contributed by atoms with Gasteiger partial charge in [-0.25, -0.2) is 4.39 Å². The van der Waals surface area contributed by atoms with Crippen LogP contribution in [0.5, 0.6) is 0 Å². The Morgan fingerprint density at radius 2 is 2.00 bits per heavy atom. The Labute approximate surface area is 76.4 Å². The molecule has 1 fully saturated rings. The second kappa shape index (κ2) is 3.09. The zero-order chi connectivity index (χ0) is 9.31. The first-order valence-electron chi connectivity index (χ1n) is 4.40. The number of halogens is 1. The summed E-state index contributed by atoms with van der Waals surface area (Å²) in [6.45, 7) is 1.37. The Morgan fingerprint density at radius 1 is 1.31 bits per heavy atom. The topological polar surface area (TPSA) is 32.3 Å². The van der Waals surface area contributed by atoms with Crippen LogP contribution < -0.4 is 5.32 Å². The molecule has 0 spiro atoms. The van der Waals surface area contributed by atoms with Gasteiger partial charge in [-0.15, -0.1) is 0 Å². The minimum atomic E-state index is -0.798. The largest absolute Gasteiger partial charge is 0.384 e. The summed E-state index contributed by atoms with van der Waals surface area (Å²) < 4.78 is 12.6. The predicted octanol–water partition coefficient (Wildman–Crippen LogP) is 1.01. The minimum Gasteiger partial charge on any atom is -0.384 e. The number of β-amino-alcohol motifs (C(OH)–C–C–N with tert-alkyl or cyclic N) is 1. The zero-order valence-corrected chi connectivity index (χ0v) is 7.26. The van der Waals surface area contributed by atoms with E-state index in [4.69, 9.17) is 0 Å². The maximum absolute atomic E-state index is 12.6. The summed E-state index contributed by atoms with van der Waals surface area (Å²) in [5, 5.41) is 13.2. The van der Waals surface area contributed by atoms with Crippen LogP contribution >= 0.6 is 0 Å². The maximum atomic E-state index is 12.6. The molecule has 1 aliphatic heterocycles. The smallest absolute Gasteiger partial charge is 0.123 e. The van der Waals surface area contributed by atoms with Gasteiger partial charge in [-0.05, 0) is 30.7 Å². The van der Waals surface area contributed by atoms with Crippen LogP contribution in [0, 0.1) is 5.82 Å². The van der Waals surface area contributed by atoms with Crippen LogP contribution in [0.1, 0.15) is 12.0 Å². The minimum absolute atomic E-state index is 0.265. The Morgan fingerprint density at radius 3 is 2.54 bits per heavy atom. The second-order valence-corrected chi connectivity index (χ2v) is 3.47. The molecule has 0 saturated carbocycles. The highest BCUT2D eigenvalue weighted by Gasteiger charge is 2.32. The molecule has 13 heavy (non-hydrogen) atoms. The molecule has 1 atom stereocenters. The highest BCUT2D eigenvalue weighted by molar-refractivity contribution is 5.24. The first-order chi connectivity index (χ1) is 6.21. The van der Waals surface area contributed by atoms with Gasteiger partial charge in [0.25, 0.3) is 0 Å². The third-order valence-electron chi connectivity index (χ3n) is 2.51. The average Bonchev–Trinajstić information content (AvgIpc) is 2.54. The van der Waals surface area contributed by atoms with Gasteiger partial charge in [-0.1, -0.05) is 12.1 Å². The van der Waals surface area contributed by atoms with Crippen LogP contribution in [-0.4, -0.2) is 18.2 Å². The van der Waals surface area contributed by atoms with Gasteiger partial charge in [0.2, 0.25) is 0 Å². The normalized spacial score (nSPS) is 27.8. The lowest BCUT2D eigenvalue weighted by molar-refractivity contribution is 0.0587. The molecule has 0 aromatic heterocycles. The van der Waals surface area contributed by atoms with Gasteiger partial charge in [0.1, 0.15) is 11.4 Å². The SMILES string of the molecule is O[C@@]1(c2ccc(F)cc2)CCNC1. The van der Waals surface area contributed by atoms with Crippen molar-refractivity contribution in [3.8, 4) is 0 Å². The Hall–Kier alpha value is -0.930. The molecule has 1 aliphatic rings. The molecular formula is C10H12FNO. The molecule has 2 rings (SSSR count). The molecule has 1 saturated heterocycles. The van der Waals surface area contributed by atoms with Gasteiger partial charge in [-0.3, -0.25) is 0 Å². The van der Waals surface area contributed by atoms with Crippen molar-refractivity contribution in [2.24, 2.45) is 0 Å². The van der Waals surface area contributed by atoms with E-state index < -0.39 is 5.60 Å². The number of rotatable bonds is 1. The number of nitrogens with one attached hydrogen (secondary N) is 1. The predicted molar refractivity (Wildman–Crippen MR) is 47.8 cm³/mol. The zero-order valence-electron chi connectivity index (χ0n) is 7.26. The summed E-state index contributed by atoms with van der Waals surface area (Å²) in [6, 6.07) is 6.04. The monoisotopic (exact) mass is 181 g/mol. The second-order valence-electron chi connectivity index (χ2n) is 3.47. The molecule has 70 valence electrons. The quantitative estimate of drug-likeness (QED) is 0.677. The molecule has 2 nitrogen and oxygen atoms in total. The molecule has 0 bridgehead atoms. The van der Waals surface area contributed by atoms with E-state index in [-0.39, 0.29) is 5.82 Å². The van der Waals surface area contributed by atoms with Gasteiger partial charge >= 0.3 is 0 Å². The van der Waals surface area contributed by atoms with Gasteiger partial charge in [0.15, 0.2) is 0 Å². The summed E-state index contributed by atoms with van der Waals surface area (Å²) >= 11 is 0. The van der Waals surface area contributed by atoms with Crippen molar-refractivity contribution in [1.29, 1.82) is 0 Å². The van der Waals surface area contributed by atoms with Crippen LogP contribution in [0.2, 0.25) is 0 Å². The average molecular weight is 181 g/mol. The van der Waals surface area contributed by atoms with E-state index in [2.05, 4.69) is 5.32 Å². The molecule has 2 N–H and O–H groups in total. The number of aliphatic hydroxyl groups is 1. The van der Waals surface area contributed by atoms with Crippen molar-refractivity contribution < 1.29 is 9.50 Å². The molecule has 0 unspecified atom stereocenters. The molecule has 1 heterocycles. The summed E-state index contributed by atoms with van der Waals surface area (Å²) in [4.78, 5) is 0. The molecular weight excluding hydrogens is 169 g/mol. The summed E-state index contributed by atoms with van der Waals surface area (Å²) in [7, 11) is 0. The summed E-state index contributed by atoms with van der Waals surface area (Å²) in [6.07, 6.45) is 0.693. The van der Waals surface area contributed by atoms with E-state index in [9.17, 15) is 9.50 Å². The number of hydrogen-bond acceptors (Lipinski definition) is 2. The molecule has 1 aromatic rings. The third-order valence-corrected chi connectivity index (χ3v) is 2.51. The van der Waals surface area contributed by atoms with E-state index in [1.807, 2.05) is 0 Å². The lowest BCUT2D eigenvalue weighted by Gasteiger charge is -2.21. The Bertz CT molecular complexity index is 290. The van der Waals surface area contributed by atoms with Crippen LogP contribution in [-0.2, 0) is 5.60 Å². The van der Waals surface area contributed by atoms with Crippen LogP contribution in [0.3, 0.4) is 0 Å². The van der Waals surface area contributed by atoms with Crippen molar-refractivity contribution in [2.75, 3.05) is 13.1 Å². The fraction of sp³-hybridized carbons (Fsp3) is 0.400. The van der Waals surface area contributed by atoms with E-state index in [0.29, 0.717) is 13.0 Å². The Kier molecular flexibility index (Phi) is 2.06. The molecule has 0 aliphatic carbocycles.